The fourth-order valence-electron chi connectivity index (χ4n) is 3.77. The normalized spacial score (nSPS) is 22.2. The van der Waals surface area contributed by atoms with E-state index in [2.05, 4.69) is 39.5 Å². The molecule has 3 heterocycles. The van der Waals surface area contributed by atoms with Crippen LogP contribution >= 0.6 is 0 Å². The maximum Gasteiger partial charge on any atom is 0.224 e. The van der Waals surface area contributed by atoms with E-state index in [1.807, 2.05) is 11.1 Å². The lowest BCUT2D eigenvalue weighted by Gasteiger charge is -2.28. The summed E-state index contributed by atoms with van der Waals surface area (Å²) in [7, 11) is 0. The minimum Gasteiger partial charge on any atom is -0.379 e. The first-order valence-corrected chi connectivity index (χ1v) is 9.16. The van der Waals surface area contributed by atoms with E-state index < -0.39 is 0 Å². The maximum absolute atomic E-state index is 12.3. The number of rotatable bonds is 6. The van der Waals surface area contributed by atoms with Gasteiger partial charge in [0.2, 0.25) is 5.91 Å². The molecule has 2 aliphatic heterocycles. The summed E-state index contributed by atoms with van der Waals surface area (Å²) in [6, 6.07) is 8.67. The Morgan fingerprint density at radius 2 is 2.08 bits per heavy atom. The van der Waals surface area contributed by atoms with E-state index in [-0.39, 0.29) is 11.9 Å². The molecule has 4 rings (SSSR count). The van der Waals surface area contributed by atoms with Gasteiger partial charge in [-0.15, -0.1) is 0 Å². The van der Waals surface area contributed by atoms with Crippen molar-refractivity contribution in [3.8, 4) is 0 Å². The summed E-state index contributed by atoms with van der Waals surface area (Å²) in [5, 5.41) is 4.82. The fraction of sp³-hybridized carbons (Fsp3) is 0.526. The van der Waals surface area contributed by atoms with E-state index in [1.54, 1.807) is 0 Å². The molecule has 1 amide bonds. The number of H-pyrrole nitrogens is 1. The number of nitrogens with zero attached hydrogens (tertiary/aromatic N) is 2. The van der Waals surface area contributed by atoms with E-state index >= 15 is 0 Å². The molecule has 2 aromatic rings. The zero-order chi connectivity index (χ0) is 17.1. The zero-order valence-corrected chi connectivity index (χ0v) is 14.5. The predicted molar refractivity (Wildman–Crippen MR) is 97.4 cm³/mol. The van der Waals surface area contributed by atoms with Gasteiger partial charge in [0.15, 0.2) is 0 Å². The number of nitrogens with one attached hydrogen (secondary N) is 2. The van der Waals surface area contributed by atoms with E-state index in [1.165, 1.54) is 10.9 Å². The summed E-state index contributed by atoms with van der Waals surface area (Å²) >= 11 is 0. The zero-order valence-electron chi connectivity index (χ0n) is 14.5. The van der Waals surface area contributed by atoms with Crippen LogP contribution in [0.3, 0.4) is 0 Å². The second-order valence-electron chi connectivity index (χ2n) is 6.93. The van der Waals surface area contributed by atoms with Crippen LogP contribution in [0.2, 0.25) is 0 Å². The molecule has 0 radical (unpaired) electrons. The van der Waals surface area contributed by atoms with Crippen LogP contribution in [-0.2, 0) is 16.1 Å². The molecule has 0 spiro atoms. The second kappa shape index (κ2) is 7.56. The van der Waals surface area contributed by atoms with Crippen LogP contribution in [-0.4, -0.2) is 72.7 Å². The van der Waals surface area contributed by atoms with E-state index in [4.69, 9.17) is 4.74 Å². The molecule has 134 valence electrons. The number of morpholine rings is 1. The molecule has 1 atom stereocenters. The first-order valence-electron chi connectivity index (χ1n) is 9.16. The Morgan fingerprint density at radius 3 is 2.96 bits per heavy atom. The Labute approximate surface area is 148 Å². The van der Waals surface area contributed by atoms with E-state index in [9.17, 15) is 4.79 Å². The third-order valence-corrected chi connectivity index (χ3v) is 5.27. The highest BCUT2D eigenvalue weighted by Gasteiger charge is 2.29. The highest BCUT2D eigenvalue weighted by molar-refractivity contribution is 5.83. The first-order chi connectivity index (χ1) is 12.3. The molecular weight excluding hydrogens is 316 g/mol. The summed E-state index contributed by atoms with van der Waals surface area (Å²) in [6.45, 7) is 6.95. The third-order valence-electron chi connectivity index (χ3n) is 5.27. The van der Waals surface area contributed by atoms with Crippen molar-refractivity contribution in [2.75, 3.05) is 45.9 Å². The van der Waals surface area contributed by atoms with Crippen LogP contribution in [0.25, 0.3) is 10.9 Å². The highest BCUT2D eigenvalue weighted by atomic mass is 16.5. The third kappa shape index (κ3) is 3.86. The number of carbonyl (C=O) groups is 1. The molecule has 0 saturated carbocycles. The van der Waals surface area contributed by atoms with Crippen molar-refractivity contribution >= 4 is 16.8 Å². The summed E-state index contributed by atoms with van der Waals surface area (Å²) in [4.78, 5) is 19.9. The number of benzene rings is 1. The van der Waals surface area contributed by atoms with Crippen molar-refractivity contribution in [2.24, 2.45) is 0 Å². The van der Waals surface area contributed by atoms with Crippen LogP contribution < -0.4 is 5.32 Å². The molecule has 2 saturated heterocycles. The Bertz CT molecular complexity index is 723. The lowest BCUT2D eigenvalue weighted by Crippen LogP contribution is -2.42. The summed E-state index contributed by atoms with van der Waals surface area (Å²) in [5.74, 6) is 0.269. The SMILES string of the molecule is O=C1C[C@H](NCc2cccc3[nH]ccc23)CN1CCN1CCOCC1. The van der Waals surface area contributed by atoms with Gasteiger partial charge in [-0.3, -0.25) is 9.69 Å². The topological polar surface area (TPSA) is 60.6 Å². The fourth-order valence-corrected chi connectivity index (χ4v) is 3.77. The van der Waals surface area contributed by atoms with Crippen LogP contribution in [0.1, 0.15) is 12.0 Å². The van der Waals surface area contributed by atoms with Crippen molar-refractivity contribution in [2.45, 2.75) is 19.0 Å². The molecule has 1 aromatic carbocycles. The van der Waals surface area contributed by atoms with Crippen molar-refractivity contribution in [1.82, 2.24) is 20.1 Å². The molecule has 2 fully saturated rings. The molecule has 0 bridgehead atoms. The van der Waals surface area contributed by atoms with Crippen molar-refractivity contribution < 1.29 is 9.53 Å². The quantitative estimate of drug-likeness (QED) is 0.828. The number of amides is 1. The number of ether oxygens (including phenoxy) is 1. The van der Waals surface area contributed by atoms with Gasteiger partial charge in [0.25, 0.3) is 0 Å². The first kappa shape index (κ1) is 16.6. The summed E-state index contributed by atoms with van der Waals surface area (Å²) in [5.41, 5.74) is 2.44. The average molecular weight is 342 g/mol. The highest BCUT2D eigenvalue weighted by Crippen LogP contribution is 2.18. The number of fused-ring (bicyclic) bond motifs is 1. The van der Waals surface area contributed by atoms with Crippen LogP contribution in [0, 0.1) is 0 Å². The minimum absolute atomic E-state index is 0.242. The molecular formula is C19H26N4O2. The van der Waals surface area contributed by atoms with Gasteiger partial charge in [0.05, 0.1) is 13.2 Å². The van der Waals surface area contributed by atoms with Gasteiger partial charge in [0.1, 0.15) is 0 Å². The minimum atomic E-state index is 0.242. The van der Waals surface area contributed by atoms with Crippen LogP contribution in [0.5, 0.6) is 0 Å². The second-order valence-corrected chi connectivity index (χ2v) is 6.93. The smallest absolute Gasteiger partial charge is 0.224 e. The lowest BCUT2D eigenvalue weighted by molar-refractivity contribution is -0.128. The van der Waals surface area contributed by atoms with Crippen LogP contribution in [0.15, 0.2) is 30.5 Å². The van der Waals surface area contributed by atoms with Crippen molar-refractivity contribution in [3.05, 3.63) is 36.0 Å². The average Bonchev–Trinajstić information content (AvgIpc) is 3.26. The number of aromatic amines is 1. The number of hydrogen-bond acceptors (Lipinski definition) is 4. The Balaban J connectivity index is 1.28. The number of hydrogen-bond donors (Lipinski definition) is 2. The molecule has 6 heteroatoms. The monoisotopic (exact) mass is 342 g/mol. The van der Waals surface area contributed by atoms with Crippen LogP contribution in [0.4, 0.5) is 0 Å². The summed E-state index contributed by atoms with van der Waals surface area (Å²) < 4.78 is 5.37. The molecule has 0 aliphatic carbocycles. The number of carbonyl (C=O) groups excluding carboxylic acids is 1. The van der Waals surface area contributed by atoms with Gasteiger partial charge in [-0.25, -0.2) is 0 Å². The van der Waals surface area contributed by atoms with Gasteiger partial charge in [0, 0.05) is 68.8 Å². The standard InChI is InChI=1S/C19H26N4O2/c24-19-12-16(14-23(19)7-6-22-8-10-25-11-9-22)21-13-15-2-1-3-18-17(15)4-5-20-18/h1-5,16,20-21H,6-14H2/t16-/m0/s1. The molecule has 2 N–H and O–H groups in total. The molecule has 1 aromatic heterocycles. The Kier molecular flexibility index (Phi) is 5.01. The predicted octanol–water partition coefficient (Wildman–Crippen LogP) is 1.19. The number of aromatic nitrogens is 1. The van der Waals surface area contributed by atoms with Crippen molar-refractivity contribution in [1.29, 1.82) is 0 Å². The van der Waals surface area contributed by atoms with Gasteiger partial charge in [-0.2, -0.15) is 0 Å². The van der Waals surface area contributed by atoms with E-state index in [0.29, 0.717) is 6.42 Å². The molecule has 6 nitrogen and oxygen atoms in total. The molecule has 0 unspecified atom stereocenters. The van der Waals surface area contributed by atoms with E-state index in [0.717, 1.165) is 58.0 Å². The van der Waals surface area contributed by atoms with Gasteiger partial charge < -0.3 is 19.9 Å². The lowest BCUT2D eigenvalue weighted by atomic mass is 10.1. The number of likely N-dealkylation sites (tertiary alicyclic amines) is 1. The van der Waals surface area contributed by atoms with Gasteiger partial charge in [-0.05, 0) is 17.7 Å². The Morgan fingerprint density at radius 1 is 1.20 bits per heavy atom. The van der Waals surface area contributed by atoms with Gasteiger partial charge >= 0.3 is 0 Å². The molecule has 25 heavy (non-hydrogen) atoms. The largest absolute Gasteiger partial charge is 0.379 e. The molecule has 2 aliphatic rings. The summed E-state index contributed by atoms with van der Waals surface area (Å²) in [6.07, 6.45) is 2.58. The van der Waals surface area contributed by atoms with Gasteiger partial charge in [-0.1, -0.05) is 12.1 Å². The Hall–Kier alpha value is -1.89. The maximum atomic E-state index is 12.3. The van der Waals surface area contributed by atoms with Crippen molar-refractivity contribution in [3.63, 3.8) is 0 Å².